The number of benzene rings is 1. The second kappa shape index (κ2) is 7.69. The van der Waals surface area contributed by atoms with E-state index < -0.39 is 23.2 Å². The smallest absolute Gasteiger partial charge is 0.357 e. The Morgan fingerprint density at radius 2 is 2.04 bits per heavy atom. The van der Waals surface area contributed by atoms with E-state index in [1.54, 1.807) is 24.3 Å². The van der Waals surface area contributed by atoms with E-state index in [4.69, 9.17) is 20.5 Å². The number of carboxylic acid groups (broad SMARTS) is 1. The summed E-state index contributed by atoms with van der Waals surface area (Å²) in [6.07, 6.45) is 0.274. The van der Waals surface area contributed by atoms with Crippen molar-refractivity contribution in [3.8, 4) is 11.8 Å². The number of ether oxygens (including phenoxy) is 2. The summed E-state index contributed by atoms with van der Waals surface area (Å²) in [7, 11) is 0. The molecular formula is C17H15N3O6S. The lowest BCUT2D eigenvalue weighted by molar-refractivity contribution is -0.154. The number of esters is 1. The van der Waals surface area contributed by atoms with Crippen LogP contribution in [0.3, 0.4) is 0 Å². The number of carbonyl (C=O) groups excluding carboxylic acids is 2. The van der Waals surface area contributed by atoms with Crippen LogP contribution in [0.1, 0.15) is 12.0 Å². The molecule has 140 valence electrons. The Bertz CT molecular complexity index is 860. The molecule has 0 aliphatic carbocycles. The molecule has 9 nitrogen and oxygen atoms in total. The standard InChI is InChI=1S/C17H15N3O6S/c18-7-9-1-3-10(4-2-9)26-17-13(16(23)24)20-14(22)11(15(20)27-17)5-6-25-12(21)8-19/h1-4,11,15H,5-6,8,19H2,(H,23,24)/t11-,15+/m0/s1. The number of rotatable bonds is 7. The second-order valence-electron chi connectivity index (χ2n) is 5.72. The molecule has 2 atom stereocenters. The molecule has 1 fully saturated rings. The molecule has 1 aromatic rings. The van der Waals surface area contributed by atoms with Crippen LogP contribution < -0.4 is 10.5 Å². The van der Waals surface area contributed by atoms with E-state index in [0.717, 1.165) is 11.8 Å². The van der Waals surface area contributed by atoms with Crippen molar-refractivity contribution >= 4 is 29.6 Å². The van der Waals surface area contributed by atoms with Gasteiger partial charge in [-0.1, -0.05) is 11.8 Å². The third kappa shape index (κ3) is 3.60. The molecule has 27 heavy (non-hydrogen) atoms. The Labute approximate surface area is 158 Å². The van der Waals surface area contributed by atoms with Crippen molar-refractivity contribution in [2.75, 3.05) is 13.2 Å². The summed E-state index contributed by atoms with van der Waals surface area (Å²) < 4.78 is 10.5. The molecule has 0 spiro atoms. The predicted molar refractivity (Wildman–Crippen MR) is 92.8 cm³/mol. The lowest BCUT2D eigenvalue weighted by atomic mass is 9.94. The van der Waals surface area contributed by atoms with Crippen molar-refractivity contribution in [2.45, 2.75) is 11.8 Å². The molecule has 0 saturated carbocycles. The van der Waals surface area contributed by atoms with Gasteiger partial charge >= 0.3 is 11.9 Å². The van der Waals surface area contributed by atoms with E-state index in [2.05, 4.69) is 0 Å². The molecule has 1 aromatic carbocycles. The van der Waals surface area contributed by atoms with Gasteiger partial charge in [-0.05, 0) is 30.7 Å². The van der Waals surface area contributed by atoms with Crippen LogP contribution in [0.4, 0.5) is 0 Å². The number of nitriles is 1. The summed E-state index contributed by atoms with van der Waals surface area (Å²) in [6.45, 7) is -0.207. The second-order valence-corrected chi connectivity index (χ2v) is 6.81. The Hall–Kier alpha value is -3.03. The third-order valence-corrected chi connectivity index (χ3v) is 5.34. The third-order valence-electron chi connectivity index (χ3n) is 4.07. The van der Waals surface area contributed by atoms with Crippen LogP contribution in [0.25, 0.3) is 0 Å². The molecule has 0 unspecified atom stereocenters. The first-order valence-corrected chi connectivity index (χ1v) is 8.85. The summed E-state index contributed by atoms with van der Waals surface area (Å²) in [5.74, 6) is -2.30. The van der Waals surface area contributed by atoms with Crippen LogP contribution in [-0.2, 0) is 19.1 Å². The van der Waals surface area contributed by atoms with E-state index >= 15 is 0 Å². The number of β-lactam (4-membered cyclic amide) rings is 1. The minimum Gasteiger partial charge on any atom is -0.476 e. The maximum absolute atomic E-state index is 12.3. The van der Waals surface area contributed by atoms with Crippen LogP contribution in [0, 0.1) is 17.2 Å². The van der Waals surface area contributed by atoms with Gasteiger partial charge in [0.25, 0.3) is 0 Å². The van der Waals surface area contributed by atoms with Gasteiger partial charge in [-0.2, -0.15) is 5.26 Å². The van der Waals surface area contributed by atoms with Crippen LogP contribution in [0.15, 0.2) is 35.1 Å². The molecule has 0 radical (unpaired) electrons. The molecule has 3 N–H and O–H groups in total. The Kier molecular flexibility index (Phi) is 5.34. The van der Waals surface area contributed by atoms with Crippen molar-refractivity contribution in [3.63, 3.8) is 0 Å². The van der Waals surface area contributed by atoms with E-state index in [0.29, 0.717) is 11.3 Å². The fraction of sp³-hybridized carbons (Fsp3) is 0.294. The van der Waals surface area contributed by atoms with Crippen LogP contribution >= 0.6 is 11.8 Å². The number of carboxylic acids is 1. The number of thioether (sulfide) groups is 1. The summed E-state index contributed by atoms with van der Waals surface area (Å²) in [4.78, 5) is 36.2. The van der Waals surface area contributed by atoms with Crippen molar-refractivity contribution in [1.82, 2.24) is 4.90 Å². The molecule has 2 aliphatic heterocycles. The number of fused-ring (bicyclic) bond motifs is 1. The molecule has 0 bridgehead atoms. The molecule has 1 saturated heterocycles. The van der Waals surface area contributed by atoms with Crippen LogP contribution in [0.2, 0.25) is 0 Å². The first-order valence-electron chi connectivity index (χ1n) is 7.97. The zero-order valence-corrected chi connectivity index (χ0v) is 14.8. The van der Waals surface area contributed by atoms with Gasteiger partial charge in [-0.25, -0.2) is 4.79 Å². The average molecular weight is 389 g/mol. The molecule has 3 rings (SSSR count). The summed E-state index contributed by atoms with van der Waals surface area (Å²) in [5.41, 5.74) is 5.38. The minimum atomic E-state index is -1.27. The lowest BCUT2D eigenvalue weighted by Gasteiger charge is -2.41. The quantitative estimate of drug-likeness (QED) is 0.506. The maximum atomic E-state index is 12.3. The van der Waals surface area contributed by atoms with Crippen molar-refractivity contribution in [1.29, 1.82) is 5.26 Å². The van der Waals surface area contributed by atoms with Crippen molar-refractivity contribution in [3.05, 3.63) is 40.6 Å². The van der Waals surface area contributed by atoms with Gasteiger partial charge < -0.3 is 20.3 Å². The van der Waals surface area contributed by atoms with Gasteiger partial charge in [0.15, 0.2) is 10.8 Å². The maximum Gasteiger partial charge on any atom is 0.357 e. The first-order chi connectivity index (χ1) is 13.0. The predicted octanol–water partition coefficient (Wildman–Crippen LogP) is 0.614. The van der Waals surface area contributed by atoms with Crippen molar-refractivity contribution < 1.29 is 29.0 Å². The van der Waals surface area contributed by atoms with E-state index in [1.165, 1.54) is 4.90 Å². The Morgan fingerprint density at radius 1 is 1.33 bits per heavy atom. The lowest BCUT2D eigenvalue weighted by Crippen LogP contribution is -2.57. The van der Waals surface area contributed by atoms with Crippen LogP contribution in [-0.4, -0.2) is 46.4 Å². The molecule has 0 aromatic heterocycles. The average Bonchev–Trinajstić information content (AvgIpc) is 3.00. The number of aliphatic carboxylic acids is 1. The van der Waals surface area contributed by atoms with E-state index in [1.807, 2.05) is 6.07 Å². The van der Waals surface area contributed by atoms with Crippen LogP contribution in [0.5, 0.6) is 5.75 Å². The number of carbonyl (C=O) groups is 3. The Morgan fingerprint density at radius 3 is 2.63 bits per heavy atom. The van der Waals surface area contributed by atoms with Crippen molar-refractivity contribution in [2.24, 2.45) is 11.7 Å². The van der Waals surface area contributed by atoms with E-state index in [-0.39, 0.29) is 36.3 Å². The monoisotopic (exact) mass is 389 g/mol. The number of hydrogen-bond acceptors (Lipinski definition) is 8. The van der Waals surface area contributed by atoms with Gasteiger partial charge in [0.2, 0.25) is 5.91 Å². The van der Waals surface area contributed by atoms with Gasteiger partial charge in [0.1, 0.15) is 11.1 Å². The highest BCUT2D eigenvalue weighted by Crippen LogP contribution is 2.50. The summed E-state index contributed by atoms with van der Waals surface area (Å²) >= 11 is 1.13. The van der Waals surface area contributed by atoms with Gasteiger partial charge in [-0.3, -0.25) is 14.5 Å². The van der Waals surface area contributed by atoms with Gasteiger partial charge in [0, 0.05) is 0 Å². The van der Waals surface area contributed by atoms with Gasteiger partial charge in [-0.15, -0.1) is 0 Å². The Balaban J connectivity index is 1.70. The molecule has 2 heterocycles. The SMILES string of the molecule is N#Cc1ccc(OC2=C(C(=O)O)N3C(=O)[C@H](CCOC(=O)CN)[C@H]3S2)cc1. The number of amides is 1. The van der Waals surface area contributed by atoms with Gasteiger partial charge in [0.05, 0.1) is 30.7 Å². The zero-order chi connectivity index (χ0) is 19.6. The topological polar surface area (TPSA) is 143 Å². The molecule has 2 aliphatic rings. The fourth-order valence-electron chi connectivity index (χ4n) is 2.75. The summed E-state index contributed by atoms with van der Waals surface area (Å²) in [5, 5.41) is 18.0. The number of hydrogen-bond donors (Lipinski definition) is 2. The zero-order valence-electron chi connectivity index (χ0n) is 14.0. The first kappa shape index (κ1) is 18.8. The highest BCUT2D eigenvalue weighted by atomic mass is 32.2. The fourth-order valence-corrected chi connectivity index (χ4v) is 4.14. The molecule has 1 amide bonds. The number of nitrogens with two attached hydrogens (primary N) is 1. The molecule has 10 heteroatoms. The normalized spacial score (nSPS) is 20.6. The summed E-state index contributed by atoms with van der Waals surface area (Å²) in [6, 6.07) is 8.17. The largest absolute Gasteiger partial charge is 0.476 e. The minimum absolute atomic E-state index is 0.0333. The number of nitrogens with zero attached hydrogens (tertiary/aromatic N) is 2. The highest BCUT2D eigenvalue weighted by Gasteiger charge is 2.56. The van der Waals surface area contributed by atoms with E-state index in [9.17, 15) is 19.5 Å². The highest BCUT2D eigenvalue weighted by molar-refractivity contribution is 8.03. The molecular weight excluding hydrogens is 374 g/mol.